The highest BCUT2D eigenvalue weighted by atomic mass is 16.5. The van der Waals surface area contributed by atoms with Gasteiger partial charge in [0.05, 0.1) is 18.4 Å². The summed E-state index contributed by atoms with van der Waals surface area (Å²) >= 11 is 0. The number of rotatable bonds is 5. The molecule has 0 bridgehead atoms. The van der Waals surface area contributed by atoms with Gasteiger partial charge in [0, 0.05) is 56.4 Å². The first-order chi connectivity index (χ1) is 11.9. The zero-order valence-electron chi connectivity index (χ0n) is 13.8. The molecule has 2 aromatic rings. The Hall–Kier alpha value is -1.98. The van der Waals surface area contributed by atoms with E-state index in [1.807, 2.05) is 30.7 Å². The van der Waals surface area contributed by atoms with E-state index >= 15 is 0 Å². The molecule has 5 nitrogen and oxygen atoms in total. The van der Waals surface area contributed by atoms with Crippen LogP contribution in [0, 0.1) is 5.92 Å². The molecule has 0 unspecified atom stereocenters. The average molecular weight is 324 g/mol. The van der Waals surface area contributed by atoms with Gasteiger partial charge in [-0.1, -0.05) is 6.07 Å². The Morgan fingerprint density at radius 2 is 2.00 bits per heavy atom. The van der Waals surface area contributed by atoms with Crippen LogP contribution in [0.3, 0.4) is 0 Å². The van der Waals surface area contributed by atoms with E-state index in [1.165, 1.54) is 18.4 Å². The summed E-state index contributed by atoms with van der Waals surface area (Å²) in [6.45, 7) is 3.76. The van der Waals surface area contributed by atoms with Gasteiger partial charge in [0.1, 0.15) is 0 Å². The molecule has 1 N–H and O–H groups in total. The van der Waals surface area contributed by atoms with Crippen LogP contribution in [-0.2, 0) is 11.3 Å². The molecular formula is C19H24N4O. The van der Waals surface area contributed by atoms with Gasteiger partial charge in [-0.15, -0.1) is 0 Å². The average Bonchev–Trinajstić information content (AvgIpc) is 3.06. The Morgan fingerprint density at radius 3 is 2.79 bits per heavy atom. The molecule has 4 rings (SSSR count). The second kappa shape index (κ2) is 7.28. The van der Waals surface area contributed by atoms with Gasteiger partial charge in [0.2, 0.25) is 0 Å². The molecule has 5 heteroatoms. The fourth-order valence-electron chi connectivity index (χ4n) is 3.99. The number of aromatic nitrogens is 2. The molecule has 3 atom stereocenters. The first-order valence-electron chi connectivity index (χ1n) is 8.78. The van der Waals surface area contributed by atoms with Crippen LogP contribution in [-0.4, -0.2) is 46.7 Å². The standard InChI is InChI=1S/C19H24N4O/c1-3-15(11-20-7-1)14-23-9-10-24-19-16(5-6-18(19)23)12-22-17-4-2-8-21-13-17/h1-4,7-8,11,13,16,18-19,22H,5-6,9-10,12,14H2/t16-,18+,19+/m0/s1. The highest BCUT2D eigenvalue weighted by Gasteiger charge is 2.42. The van der Waals surface area contributed by atoms with Gasteiger partial charge in [-0.3, -0.25) is 14.9 Å². The number of hydrogen-bond acceptors (Lipinski definition) is 5. The van der Waals surface area contributed by atoms with Crippen LogP contribution in [0.5, 0.6) is 0 Å². The minimum Gasteiger partial charge on any atom is -0.383 e. The highest BCUT2D eigenvalue weighted by molar-refractivity contribution is 5.39. The Balaban J connectivity index is 1.37. The largest absolute Gasteiger partial charge is 0.383 e. The second-order valence-electron chi connectivity index (χ2n) is 6.69. The molecule has 0 amide bonds. The lowest BCUT2D eigenvalue weighted by Gasteiger charge is -2.39. The lowest BCUT2D eigenvalue weighted by atomic mass is 10.0. The molecule has 0 spiro atoms. The zero-order valence-corrected chi connectivity index (χ0v) is 13.8. The fourth-order valence-corrected chi connectivity index (χ4v) is 3.99. The Kier molecular flexibility index (Phi) is 4.71. The summed E-state index contributed by atoms with van der Waals surface area (Å²) in [7, 11) is 0. The lowest BCUT2D eigenvalue weighted by Crippen LogP contribution is -2.50. The van der Waals surface area contributed by atoms with Crippen molar-refractivity contribution in [3.63, 3.8) is 0 Å². The van der Waals surface area contributed by atoms with E-state index in [0.29, 0.717) is 18.1 Å². The minimum atomic E-state index is 0.333. The van der Waals surface area contributed by atoms with Gasteiger partial charge in [-0.25, -0.2) is 0 Å². The van der Waals surface area contributed by atoms with Crippen molar-refractivity contribution in [3.05, 3.63) is 54.6 Å². The third-order valence-electron chi connectivity index (χ3n) is 5.17. The summed E-state index contributed by atoms with van der Waals surface area (Å²) in [5.41, 5.74) is 2.37. The van der Waals surface area contributed by atoms with E-state index in [1.54, 1.807) is 6.20 Å². The molecule has 1 aliphatic heterocycles. The number of anilines is 1. The predicted octanol–water partition coefficient (Wildman–Crippen LogP) is 2.57. The normalized spacial score (nSPS) is 26.9. The van der Waals surface area contributed by atoms with Gasteiger partial charge in [-0.2, -0.15) is 0 Å². The molecule has 0 aromatic carbocycles. The highest BCUT2D eigenvalue weighted by Crippen LogP contribution is 2.35. The molecule has 2 aromatic heterocycles. The van der Waals surface area contributed by atoms with E-state index in [-0.39, 0.29) is 0 Å². The monoisotopic (exact) mass is 324 g/mol. The molecule has 1 aliphatic carbocycles. The maximum Gasteiger partial charge on any atom is 0.0775 e. The fraction of sp³-hybridized carbons (Fsp3) is 0.474. The third-order valence-corrected chi connectivity index (χ3v) is 5.17. The number of morpholine rings is 1. The summed E-state index contributed by atoms with van der Waals surface area (Å²) in [6.07, 6.45) is 10.2. The lowest BCUT2D eigenvalue weighted by molar-refractivity contribution is -0.0745. The molecule has 126 valence electrons. The van der Waals surface area contributed by atoms with E-state index in [2.05, 4.69) is 32.3 Å². The topological polar surface area (TPSA) is 50.3 Å². The second-order valence-corrected chi connectivity index (χ2v) is 6.69. The number of hydrogen-bond donors (Lipinski definition) is 1. The van der Waals surface area contributed by atoms with Crippen molar-refractivity contribution in [1.82, 2.24) is 14.9 Å². The summed E-state index contributed by atoms with van der Waals surface area (Å²) in [5, 5.41) is 3.51. The van der Waals surface area contributed by atoms with Crippen molar-refractivity contribution in [2.45, 2.75) is 31.5 Å². The van der Waals surface area contributed by atoms with E-state index < -0.39 is 0 Å². The molecule has 24 heavy (non-hydrogen) atoms. The molecule has 0 radical (unpaired) electrons. The first-order valence-corrected chi connectivity index (χ1v) is 8.78. The van der Waals surface area contributed by atoms with Gasteiger partial charge < -0.3 is 10.1 Å². The Bertz CT molecular complexity index is 636. The Morgan fingerprint density at radius 1 is 1.12 bits per heavy atom. The maximum absolute atomic E-state index is 6.16. The van der Waals surface area contributed by atoms with Crippen LogP contribution in [0.1, 0.15) is 18.4 Å². The zero-order chi connectivity index (χ0) is 16.2. The van der Waals surface area contributed by atoms with Crippen LogP contribution < -0.4 is 5.32 Å². The van der Waals surface area contributed by atoms with Crippen molar-refractivity contribution in [1.29, 1.82) is 0 Å². The van der Waals surface area contributed by atoms with E-state index in [4.69, 9.17) is 4.74 Å². The molecule has 2 aliphatic rings. The van der Waals surface area contributed by atoms with Crippen molar-refractivity contribution in [2.24, 2.45) is 5.92 Å². The SMILES string of the molecule is c1cncc(CN2CCO[C@@H]3[C@H](CNc4cccnc4)CC[C@H]32)c1. The smallest absolute Gasteiger partial charge is 0.0775 e. The number of nitrogens with one attached hydrogen (secondary N) is 1. The molecule has 3 heterocycles. The van der Waals surface area contributed by atoms with Crippen molar-refractivity contribution < 1.29 is 4.74 Å². The van der Waals surface area contributed by atoms with E-state index in [9.17, 15) is 0 Å². The minimum absolute atomic E-state index is 0.333. The molecule has 1 saturated carbocycles. The van der Waals surface area contributed by atoms with Gasteiger partial charge in [0.15, 0.2) is 0 Å². The number of pyridine rings is 2. The summed E-state index contributed by atoms with van der Waals surface area (Å²) in [5.74, 6) is 0.562. The number of fused-ring (bicyclic) bond motifs is 1. The molecule has 2 fully saturated rings. The summed E-state index contributed by atoms with van der Waals surface area (Å²) in [4.78, 5) is 11.0. The Labute approximate surface area is 143 Å². The molecular weight excluding hydrogens is 300 g/mol. The van der Waals surface area contributed by atoms with Crippen LogP contribution >= 0.6 is 0 Å². The van der Waals surface area contributed by atoms with Crippen molar-refractivity contribution in [3.8, 4) is 0 Å². The number of ether oxygens (including phenoxy) is 1. The van der Waals surface area contributed by atoms with Crippen LogP contribution in [0.2, 0.25) is 0 Å². The van der Waals surface area contributed by atoms with Crippen LogP contribution in [0.15, 0.2) is 49.1 Å². The van der Waals surface area contributed by atoms with Gasteiger partial charge in [-0.05, 0) is 36.6 Å². The van der Waals surface area contributed by atoms with E-state index in [0.717, 1.165) is 31.9 Å². The summed E-state index contributed by atoms with van der Waals surface area (Å²) in [6, 6.07) is 8.73. The van der Waals surface area contributed by atoms with Crippen LogP contribution in [0.4, 0.5) is 5.69 Å². The predicted molar refractivity (Wildman–Crippen MR) is 93.6 cm³/mol. The number of nitrogens with zero attached hydrogens (tertiary/aromatic N) is 3. The molecule has 1 saturated heterocycles. The maximum atomic E-state index is 6.16. The first kappa shape index (κ1) is 15.5. The summed E-state index contributed by atoms with van der Waals surface area (Å²) < 4.78 is 6.16. The van der Waals surface area contributed by atoms with Gasteiger partial charge >= 0.3 is 0 Å². The van der Waals surface area contributed by atoms with Gasteiger partial charge in [0.25, 0.3) is 0 Å². The van der Waals surface area contributed by atoms with Crippen molar-refractivity contribution in [2.75, 3.05) is 25.0 Å². The van der Waals surface area contributed by atoms with Crippen molar-refractivity contribution >= 4 is 5.69 Å². The van der Waals surface area contributed by atoms with Crippen LogP contribution in [0.25, 0.3) is 0 Å². The quantitative estimate of drug-likeness (QED) is 0.916. The third kappa shape index (κ3) is 3.42.